The van der Waals surface area contributed by atoms with Crippen LogP contribution in [0.25, 0.3) is 0 Å². The quantitative estimate of drug-likeness (QED) is 0.0729. The molecule has 0 spiro atoms. The zero-order valence-electron chi connectivity index (χ0n) is 25.3. The fourth-order valence-corrected chi connectivity index (χ4v) is 3.00. The van der Waals surface area contributed by atoms with Gasteiger partial charge in [-0.3, -0.25) is 14.4 Å². The Hall–Kier alpha value is -6.35. The van der Waals surface area contributed by atoms with E-state index in [1.54, 1.807) is 18.2 Å². The van der Waals surface area contributed by atoms with Crippen LogP contribution in [0.1, 0.15) is 47.8 Å². The van der Waals surface area contributed by atoms with Gasteiger partial charge in [-0.25, -0.2) is 0 Å². The number of carbonyl (C=O) groups is 3. The molecule has 0 radical (unpaired) electrons. The summed E-state index contributed by atoms with van der Waals surface area (Å²) in [4.78, 5) is 33.8. The summed E-state index contributed by atoms with van der Waals surface area (Å²) in [6.07, 6.45) is -14.5. The van der Waals surface area contributed by atoms with Crippen molar-refractivity contribution in [1.29, 1.82) is 15.8 Å². The van der Waals surface area contributed by atoms with Gasteiger partial charge in [-0.05, 0) is 72.8 Å². The van der Waals surface area contributed by atoms with Crippen LogP contribution < -0.4 is 0 Å². The van der Waals surface area contributed by atoms with Gasteiger partial charge in [0, 0.05) is 52.0 Å². The van der Waals surface area contributed by atoms with Crippen LogP contribution in [0.3, 0.4) is 0 Å². The molecule has 3 rings (SSSR count). The second-order valence-electron chi connectivity index (χ2n) is 9.24. The predicted molar refractivity (Wildman–Crippen MR) is 157 cm³/mol. The van der Waals surface area contributed by atoms with Crippen LogP contribution in [0, 0.1) is 34.0 Å². The van der Waals surface area contributed by atoms with E-state index in [4.69, 9.17) is 31.1 Å². The molecule has 0 aliphatic heterocycles. The number of aliphatic hydroxyl groups excluding tert-OH is 3. The van der Waals surface area contributed by atoms with E-state index in [0.29, 0.717) is 0 Å². The maximum absolute atomic E-state index is 11.9. The molecule has 0 unspecified atom stereocenters. The Bertz CT molecular complexity index is 1720. The summed E-state index contributed by atoms with van der Waals surface area (Å²) in [6.45, 7) is 0. The Morgan fingerprint density at radius 1 is 0.442 bits per heavy atom. The molecular weight excluding hydrogens is 761 g/mol. The molecule has 0 heterocycles. The first-order valence-electron chi connectivity index (χ1n) is 13.1. The average molecular weight is 779 g/mol. The average Bonchev–Trinajstić information content (AvgIpc) is 3.07. The standard InChI is InChI=1S/3C11H6F3NO2.Fe/c3*12-11(13,14)10(17)5-9(16)8-3-1-7(6-15)2-4-8;/h3*1-5,17H;/b3*10-5-;. The molecule has 19 heteroatoms. The third-order valence-corrected chi connectivity index (χ3v) is 5.57. The molecular formula is C33H18F9FeN3O6. The summed E-state index contributed by atoms with van der Waals surface area (Å²) < 4.78 is 107. The first-order valence-corrected chi connectivity index (χ1v) is 13.1. The number of halogens is 9. The van der Waals surface area contributed by atoms with Gasteiger partial charge < -0.3 is 15.3 Å². The van der Waals surface area contributed by atoms with Crippen LogP contribution >= 0.6 is 0 Å². The SMILES string of the molecule is N#Cc1ccc(C(=O)/C=C(\O)C(F)(F)F)cc1.N#Cc1ccc(C(=O)/C=C(\O)C(F)(F)F)cc1.N#Cc1ccc(C(=O)/C=C(\O)C(F)(F)F)cc1.[Fe]. The second kappa shape index (κ2) is 19.7. The van der Waals surface area contributed by atoms with E-state index >= 15 is 0 Å². The van der Waals surface area contributed by atoms with E-state index in [1.807, 2.05) is 0 Å². The van der Waals surface area contributed by atoms with Gasteiger partial charge in [0.2, 0.25) is 17.3 Å². The zero-order chi connectivity index (χ0) is 39.2. The molecule has 3 aromatic rings. The van der Waals surface area contributed by atoms with Gasteiger partial charge in [0.25, 0.3) is 0 Å². The molecule has 52 heavy (non-hydrogen) atoms. The van der Waals surface area contributed by atoms with Crippen molar-refractivity contribution in [2.75, 3.05) is 0 Å². The Labute approximate surface area is 297 Å². The first-order chi connectivity index (χ1) is 23.5. The minimum atomic E-state index is -4.94. The van der Waals surface area contributed by atoms with Gasteiger partial charge in [-0.15, -0.1) is 0 Å². The summed E-state index contributed by atoms with van der Waals surface area (Å²) in [5.74, 6) is -8.80. The fourth-order valence-electron chi connectivity index (χ4n) is 3.00. The van der Waals surface area contributed by atoms with Crippen LogP contribution in [-0.2, 0) is 17.1 Å². The van der Waals surface area contributed by atoms with Gasteiger partial charge in [0.15, 0.2) is 17.3 Å². The van der Waals surface area contributed by atoms with Crippen molar-refractivity contribution in [3.63, 3.8) is 0 Å². The number of carbonyl (C=O) groups excluding carboxylic acids is 3. The van der Waals surface area contributed by atoms with Gasteiger partial charge in [-0.1, -0.05) is 0 Å². The number of hydrogen-bond donors (Lipinski definition) is 3. The molecule has 0 aliphatic carbocycles. The van der Waals surface area contributed by atoms with E-state index in [2.05, 4.69) is 0 Å². The molecule has 0 atom stereocenters. The van der Waals surface area contributed by atoms with Crippen molar-refractivity contribution in [2.45, 2.75) is 18.5 Å². The maximum Gasteiger partial charge on any atom is 0.448 e. The molecule has 0 aliphatic rings. The third-order valence-electron chi connectivity index (χ3n) is 5.57. The Morgan fingerprint density at radius 3 is 0.750 bits per heavy atom. The number of rotatable bonds is 6. The summed E-state index contributed by atoms with van der Waals surface area (Å²) in [5, 5.41) is 51.2. The van der Waals surface area contributed by atoms with Crippen molar-refractivity contribution in [2.24, 2.45) is 0 Å². The van der Waals surface area contributed by atoms with Crippen molar-refractivity contribution >= 4 is 17.3 Å². The van der Waals surface area contributed by atoms with Gasteiger partial charge >= 0.3 is 18.5 Å². The van der Waals surface area contributed by atoms with Crippen LogP contribution in [0.5, 0.6) is 0 Å². The molecule has 3 N–H and O–H groups in total. The third kappa shape index (κ3) is 15.5. The van der Waals surface area contributed by atoms with Crippen molar-refractivity contribution in [1.82, 2.24) is 0 Å². The molecule has 0 saturated heterocycles. The molecule has 3 aromatic carbocycles. The van der Waals surface area contributed by atoms with E-state index in [0.717, 1.165) is 0 Å². The Morgan fingerprint density at radius 2 is 0.615 bits per heavy atom. The van der Waals surface area contributed by atoms with Gasteiger partial charge in [0.1, 0.15) is 0 Å². The number of hydrogen-bond acceptors (Lipinski definition) is 9. The summed E-state index contributed by atoms with van der Waals surface area (Å²) in [5.41, 5.74) is 0.723. The van der Waals surface area contributed by atoms with Gasteiger partial charge in [0.05, 0.1) is 34.9 Å². The first kappa shape index (κ1) is 45.6. The molecule has 0 amide bonds. The monoisotopic (exact) mass is 779 g/mol. The minimum absolute atomic E-state index is 0. The number of allylic oxidation sites excluding steroid dienone is 6. The Kier molecular flexibility index (Phi) is 17.3. The Balaban J connectivity index is 0.000000743. The fraction of sp³-hybridized carbons (Fsp3) is 0.0909. The van der Waals surface area contributed by atoms with Crippen LogP contribution in [0.15, 0.2) is 108 Å². The minimum Gasteiger partial charge on any atom is -0.504 e. The van der Waals surface area contributed by atoms with E-state index in [1.165, 1.54) is 72.8 Å². The number of nitriles is 3. The van der Waals surface area contributed by atoms with Gasteiger partial charge in [-0.2, -0.15) is 55.3 Å². The number of ketones is 3. The molecule has 0 bridgehead atoms. The van der Waals surface area contributed by atoms with Crippen molar-refractivity contribution in [3.8, 4) is 18.2 Å². The van der Waals surface area contributed by atoms with Crippen molar-refractivity contribution < 1.29 is 86.3 Å². The number of benzene rings is 3. The number of aliphatic hydroxyl groups is 3. The van der Waals surface area contributed by atoms with E-state index in [9.17, 15) is 53.9 Å². The van der Waals surface area contributed by atoms with Crippen LogP contribution in [0.4, 0.5) is 39.5 Å². The van der Waals surface area contributed by atoms with Crippen LogP contribution in [0.2, 0.25) is 0 Å². The zero-order valence-corrected chi connectivity index (χ0v) is 26.4. The van der Waals surface area contributed by atoms with E-state index in [-0.39, 0.29) is 68.7 Å². The summed E-state index contributed by atoms with van der Waals surface area (Å²) in [7, 11) is 0. The predicted octanol–water partition coefficient (Wildman–Crippen LogP) is 8.23. The topological polar surface area (TPSA) is 183 Å². The molecule has 0 aromatic heterocycles. The molecule has 0 saturated carbocycles. The number of nitrogens with zero attached hydrogens (tertiary/aromatic N) is 3. The van der Waals surface area contributed by atoms with Crippen molar-refractivity contribution in [3.05, 3.63) is 142 Å². The maximum atomic E-state index is 11.9. The second-order valence-corrected chi connectivity index (χ2v) is 9.24. The smallest absolute Gasteiger partial charge is 0.448 e. The summed E-state index contributed by atoms with van der Waals surface area (Å²) in [6, 6.07) is 20.4. The normalized spacial score (nSPS) is 11.8. The molecule has 0 fully saturated rings. The van der Waals surface area contributed by atoms with Crippen LogP contribution in [-0.4, -0.2) is 51.2 Å². The molecule has 272 valence electrons. The molecule has 9 nitrogen and oxygen atoms in total. The summed E-state index contributed by atoms with van der Waals surface area (Å²) >= 11 is 0. The van der Waals surface area contributed by atoms with E-state index < -0.39 is 53.2 Å². The number of alkyl halides is 9. The largest absolute Gasteiger partial charge is 0.504 e.